The van der Waals surface area contributed by atoms with Crippen LogP contribution in [0.4, 0.5) is 0 Å². The first-order valence-corrected chi connectivity index (χ1v) is 7.24. The summed E-state index contributed by atoms with van der Waals surface area (Å²) in [7, 11) is 1.98. The molecule has 2 rings (SSSR count). The van der Waals surface area contributed by atoms with Crippen LogP contribution in [0.25, 0.3) is 11.1 Å². The molecule has 0 spiro atoms. The lowest BCUT2D eigenvalue weighted by Gasteiger charge is -2.23. The lowest BCUT2D eigenvalue weighted by Crippen LogP contribution is -2.38. The van der Waals surface area contributed by atoms with Crippen molar-refractivity contribution in [3.05, 3.63) is 54.6 Å². The Morgan fingerprint density at radius 1 is 0.950 bits per heavy atom. The van der Waals surface area contributed by atoms with Crippen molar-refractivity contribution >= 4 is 0 Å². The number of ether oxygens (including phenoxy) is 1. The number of hydrogen-bond donors (Lipinski definition) is 1. The van der Waals surface area contributed by atoms with Gasteiger partial charge in [0, 0.05) is 6.04 Å². The highest BCUT2D eigenvalue weighted by molar-refractivity contribution is 5.63. The zero-order chi connectivity index (χ0) is 14.4. The van der Waals surface area contributed by atoms with Gasteiger partial charge < -0.3 is 10.1 Å². The molecule has 0 aliphatic heterocycles. The van der Waals surface area contributed by atoms with E-state index in [-0.39, 0.29) is 6.10 Å². The van der Waals surface area contributed by atoms with Crippen LogP contribution in [0.1, 0.15) is 20.3 Å². The first-order chi connectivity index (χ1) is 9.74. The average molecular weight is 269 g/mol. The van der Waals surface area contributed by atoms with Gasteiger partial charge in [-0.05, 0) is 43.7 Å². The van der Waals surface area contributed by atoms with E-state index in [0.717, 1.165) is 12.2 Å². The van der Waals surface area contributed by atoms with E-state index in [9.17, 15) is 0 Å². The SMILES string of the molecule is CCC(NC)C(C)Oc1ccc(-c2ccccc2)cc1. The fourth-order valence-corrected chi connectivity index (χ4v) is 2.42. The number of likely N-dealkylation sites (N-methyl/N-ethyl adjacent to an activating group) is 1. The highest BCUT2D eigenvalue weighted by atomic mass is 16.5. The lowest BCUT2D eigenvalue weighted by molar-refractivity contribution is 0.172. The van der Waals surface area contributed by atoms with Crippen molar-refractivity contribution in [2.24, 2.45) is 0 Å². The van der Waals surface area contributed by atoms with Crippen LogP contribution in [0.5, 0.6) is 5.75 Å². The smallest absolute Gasteiger partial charge is 0.119 e. The summed E-state index contributed by atoms with van der Waals surface area (Å²) in [4.78, 5) is 0. The number of hydrogen-bond acceptors (Lipinski definition) is 2. The minimum absolute atomic E-state index is 0.160. The van der Waals surface area contributed by atoms with E-state index in [0.29, 0.717) is 6.04 Å². The maximum absolute atomic E-state index is 5.99. The monoisotopic (exact) mass is 269 g/mol. The van der Waals surface area contributed by atoms with Gasteiger partial charge in [-0.1, -0.05) is 49.4 Å². The zero-order valence-electron chi connectivity index (χ0n) is 12.5. The van der Waals surface area contributed by atoms with Gasteiger partial charge in [0.05, 0.1) is 0 Å². The first kappa shape index (κ1) is 14.6. The molecular formula is C18H23NO. The summed E-state index contributed by atoms with van der Waals surface area (Å²) in [5.41, 5.74) is 2.44. The van der Waals surface area contributed by atoms with Gasteiger partial charge in [-0.15, -0.1) is 0 Å². The fourth-order valence-electron chi connectivity index (χ4n) is 2.42. The maximum atomic E-state index is 5.99. The molecule has 2 nitrogen and oxygen atoms in total. The average Bonchev–Trinajstić information content (AvgIpc) is 2.50. The molecule has 1 N–H and O–H groups in total. The van der Waals surface area contributed by atoms with Crippen molar-refractivity contribution in [1.82, 2.24) is 5.32 Å². The van der Waals surface area contributed by atoms with Crippen LogP contribution in [0.15, 0.2) is 54.6 Å². The Hall–Kier alpha value is -1.80. The molecule has 0 radical (unpaired) electrons. The Balaban J connectivity index is 2.05. The normalized spacial score (nSPS) is 13.8. The molecule has 2 aromatic carbocycles. The van der Waals surface area contributed by atoms with E-state index in [1.54, 1.807) is 0 Å². The van der Waals surface area contributed by atoms with Crippen LogP contribution in [0.2, 0.25) is 0 Å². The van der Waals surface area contributed by atoms with Gasteiger partial charge in [0.25, 0.3) is 0 Å². The molecule has 0 saturated heterocycles. The van der Waals surface area contributed by atoms with Crippen molar-refractivity contribution in [3.8, 4) is 16.9 Å². The van der Waals surface area contributed by atoms with E-state index in [1.807, 2.05) is 25.2 Å². The predicted octanol–water partition coefficient (Wildman–Crippen LogP) is 4.12. The molecule has 0 bridgehead atoms. The molecule has 0 amide bonds. The number of nitrogens with one attached hydrogen (secondary N) is 1. The Morgan fingerprint density at radius 2 is 1.55 bits per heavy atom. The first-order valence-electron chi connectivity index (χ1n) is 7.24. The zero-order valence-corrected chi connectivity index (χ0v) is 12.5. The van der Waals surface area contributed by atoms with Gasteiger partial charge in [0.1, 0.15) is 11.9 Å². The predicted molar refractivity (Wildman–Crippen MR) is 85.1 cm³/mol. The second-order valence-electron chi connectivity index (χ2n) is 5.02. The third-order valence-electron chi connectivity index (χ3n) is 3.66. The second-order valence-corrected chi connectivity index (χ2v) is 5.02. The quantitative estimate of drug-likeness (QED) is 0.851. The van der Waals surface area contributed by atoms with Crippen molar-refractivity contribution < 1.29 is 4.74 Å². The van der Waals surface area contributed by atoms with E-state index < -0.39 is 0 Å². The molecule has 106 valence electrons. The van der Waals surface area contributed by atoms with Crippen molar-refractivity contribution in [2.75, 3.05) is 7.05 Å². The Bertz CT molecular complexity index is 503. The van der Waals surface area contributed by atoms with Crippen LogP contribution in [-0.2, 0) is 0 Å². The molecule has 2 heteroatoms. The summed E-state index contributed by atoms with van der Waals surface area (Å²) in [6.45, 7) is 4.27. The van der Waals surface area contributed by atoms with Gasteiger partial charge >= 0.3 is 0 Å². The van der Waals surface area contributed by atoms with Gasteiger partial charge in [0.15, 0.2) is 0 Å². The fraction of sp³-hybridized carbons (Fsp3) is 0.333. The standard InChI is InChI=1S/C18H23NO/c1-4-18(19-3)14(2)20-17-12-10-16(11-13-17)15-8-6-5-7-9-15/h5-14,18-19H,4H2,1-3H3. The summed E-state index contributed by atoms with van der Waals surface area (Å²) in [6, 6.07) is 19.1. The summed E-state index contributed by atoms with van der Waals surface area (Å²) >= 11 is 0. The van der Waals surface area contributed by atoms with Gasteiger partial charge in [0.2, 0.25) is 0 Å². The molecule has 20 heavy (non-hydrogen) atoms. The highest BCUT2D eigenvalue weighted by Crippen LogP contribution is 2.23. The minimum atomic E-state index is 0.160. The summed E-state index contributed by atoms with van der Waals surface area (Å²) in [6.07, 6.45) is 1.22. The highest BCUT2D eigenvalue weighted by Gasteiger charge is 2.14. The molecule has 0 aromatic heterocycles. The Kier molecular flexibility index (Phi) is 5.19. The molecule has 0 saturated carbocycles. The van der Waals surface area contributed by atoms with Crippen LogP contribution in [0.3, 0.4) is 0 Å². The molecular weight excluding hydrogens is 246 g/mol. The number of rotatable bonds is 6. The molecule has 0 aliphatic carbocycles. The summed E-state index contributed by atoms with van der Waals surface area (Å²) in [5.74, 6) is 0.922. The van der Waals surface area contributed by atoms with Gasteiger partial charge in [-0.2, -0.15) is 0 Å². The van der Waals surface area contributed by atoms with Crippen LogP contribution in [0, 0.1) is 0 Å². The van der Waals surface area contributed by atoms with Crippen molar-refractivity contribution in [2.45, 2.75) is 32.4 Å². The third-order valence-corrected chi connectivity index (χ3v) is 3.66. The van der Waals surface area contributed by atoms with Gasteiger partial charge in [-0.25, -0.2) is 0 Å². The molecule has 0 fully saturated rings. The van der Waals surface area contributed by atoms with E-state index in [4.69, 9.17) is 4.74 Å². The maximum Gasteiger partial charge on any atom is 0.119 e. The van der Waals surface area contributed by atoms with E-state index >= 15 is 0 Å². The van der Waals surface area contributed by atoms with Crippen molar-refractivity contribution in [1.29, 1.82) is 0 Å². The lowest BCUT2D eigenvalue weighted by atomic mass is 10.1. The van der Waals surface area contributed by atoms with Gasteiger partial charge in [-0.3, -0.25) is 0 Å². The second kappa shape index (κ2) is 7.11. The molecule has 2 unspecified atom stereocenters. The Labute approximate surface area is 121 Å². The summed E-state index contributed by atoms with van der Waals surface area (Å²) in [5, 5.41) is 3.28. The Morgan fingerprint density at radius 3 is 2.10 bits per heavy atom. The van der Waals surface area contributed by atoms with Crippen LogP contribution >= 0.6 is 0 Å². The topological polar surface area (TPSA) is 21.3 Å². The molecule has 0 aliphatic rings. The van der Waals surface area contributed by atoms with Crippen LogP contribution < -0.4 is 10.1 Å². The van der Waals surface area contributed by atoms with E-state index in [2.05, 4.69) is 55.6 Å². The summed E-state index contributed by atoms with van der Waals surface area (Å²) < 4.78 is 5.99. The van der Waals surface area contributed by atoms with Crippen molar-refractivity contribution in [3.63, 3.8) is 0 Å². The molecule has 2 aromatic rings. The third kappa shape index (κ3) is 3.61. The van der Waals surface area contributed by atoms with Crippen LogP contribution in [-0.4, -0.2) is 19.2 Å². The number of benzene rings is 2. The molecule has 0 heterocycles. The molecule has 2 atom stereocenters. The van der Waals surface area contributed by atoms with E-state index in [1.165, 1.54) is 11.1 Å². The largest absolute Gasteiger partial charge is 0.489 e. The minimum Gasteiger partial charge on any atom is -0.489 e.